The van der Waals surface area contributed by atoms with Gasteiger partial charge in [0.05, 0.1) is 0 Å². The van der Waals surface area contributed by atoms with E-state index in [0.29, 0.717) is 0 Å². The number of aromatic nitrogens is 4. The van der Waals surface area contributed by atoms with Gasteiger partial charge in [0.25, 0.3) is 0 Å². The van der Waals surface area contributed by atoms with Crippen molar-refractivity contribution in [2.75, 3.05) is 0 Å². The van der Waals surface area contributed by atoms with E-state index >= 15 is 0 Å². The summed E-state index contributed by atoms with van der Waals surface area (Å²) < 4.78 is 2.93. The van der Waals surface area contributed by atoms with Gasteiger partial charge in [-0.15, -0.1) is 0 Å². The Morgan fingerprint density at radius 1 is 1.39 bits per heavy atom. The van der Waals surface area contributed by atoms with Crippen LogP contribution in [0.25, 0.3) is 11.4 Å². The van der Waals surface area contributed by atoms with Crippen molar-refractivity contribution in [2.24, 2.45) is 0 Å². The molecule has 0 atom stereocenters. The average Bonchev–Trinajstić information content (AvgIpc) is 2.73. The maximum atomic E-state index is 5.42. The summed E-state index contributed by atoms with van der Waals surface area (Å²) in [7, 11) is 0. The van der Waals surface area contributed by atoms with E-state index in [1.165, 1.54) is 19.3 Å². The van der Waals surface area contributed by atoms with E-state index in [0.717, 1.165) is 22.6 Å². The van der Waals surface area contributed by atoms with Gasteiger partial charge in [-0.05, 0) is 50.0 Å². The Balaban J connectivity index is 2.16. The predicted molar refractivity (Wildman–Crippen MR) is 72.8 cm³/mol. The quantitative estimate of drug-likeness (QED) is 0.861. The van der Waals surface area contributed by atoms with E-state index in [2.05, 4.69) is 26.7 Å². The number of nitrogens with zero attached hydrogens (tertiary/aromatic N) is 3. The number of pyridine rings is 1. The number of nitrogens with one attached hydrogen (secondary N) is 1. The molecule has 0 bridgehead atoms. The first kappa shape index (κ1) is 11.6. The molecule has 4 nitrogen and oxygen atoms in total. The molecule has 0 spiro atoms. The van der Waals surface area contributed by atoms with Crippen molar-refractivity contribution >= 4 is 12.2 Å². The van der Waals surface area contributed by atoms with Crippen LogP contribution in [-0.4, -0.2) is 19.7 Å². The highest BCUT2D eigenvalue weighted by atomic mass is 32.1. The second kappa shape index (κ2) is 4.31. The first-order valence-electron chi connectivity index (χ1n) is 6.35. The van der Waals surface area contributed by atoms with Crippen molar-refractivity contribution in [1.82, 2.24) is 19.7 Å². The fourth-order valence-electron chi connectivity index (χ4n) is 2.75. The van der Waals surface area contributed by atoms with Gasteiger partial charge in [0.15, 0.2) is 10.6 Å². The Morgan fingerprint density at radius 3 is 2.67 bits per heavy atom. The van der Waals surface area contributed by atoms with Crippen LogP contribution in [0.15, 0.2) is 24.5 Å². The predicted octanol–water partition coefficient (Wildman–Crippen LogP) is 3.29. The monoisotopic (exact) mass is 260 g/mol. The summed E-state index contributed by atoms with van der Waals surface area (Å²) in [4.78, 5) is 4.05. The topological polar surface area (TPSA) is 46.5 Å². The van der Waals surface area contributed by atoms with Crippen molar-refractivity contribution < 1.29 is 0 Å². The molecular weight excluding hydrogens is 244 g/mol. The van der Waals surface area contributed by atoms with Gasteiger partial charge in [-0.1, -0.05) is 6.92 Å². The van der Waals surface area contributed by atoms with Gasteiger partial charge in [0, 0.05) is 23.5 Å². The van der Waals surface area contributed by atoms with Gasteiger partial charge < -0.3 is 0 Å². The standard InChI is InChI=1S/C13H16N4S/c1-2-13(6-3-7-13)17-11(15-16-12(17)18)10-4-8-14-9-5-10/h4-5,8-9H,2-3,6-7H2,1H3,(H,16,18). The molecule has 0 radical (unpaired) electrons. The fourth-order valence-corrected chi connectivity index (χ4v) is 3.08. The second-order valence-corrected chi connectivity index (χ2v) is 5.24. The first-order valence-corrected chi connectivity index (χ1v) is 6.76. The van der Waals surface area contributed by atoms with Gasteiger partial charge in [0.1, 0.15) is 0 Å². The van der Waals surface area contributed by atoms with E-state index in [9.17, 15) is 0 Å². The lowest BCUT2D eigenvalue weighted by atomic mass is 9.74. The van der Waals surface area contributed by atoms with Gasteiger partial charge in [-0.25, -0.2) is 0 Å². The van der Waals surface area contributed by atoms with Crippen molar-refractivity contribution in [3.8, 4) is 11.4 Å². The molecular formula is C13H16N4S. The van der Waals surface area contributed by atoms with E-state index in [4.69, 9.17) is 12.2 Å². The summed E-state index contributed by atoms with van der Waals surface area (Å²) in [5.74, 6) is 0.934. The zero-order chi connectivity index (χ0) is 12.6. The minimum Gasteiger partial charge on any atom is -0.294 e. The van der Waals surface area contributed by atoms with Gasteiger partial charge in [0.2, 0.25) is 0 Å². The van der Waals surface area contributed by atoms with Crippen molar-refractivity contribution in [3.63, 3.8) is 0 Å². The Kier molecular flexibility index (Phi) is 2.78. The smallest absolute Gasteiger partial charge is 0.195 e. The number of hydrogen-bond donors (Lipinski definition) is 1. The van der Waals surface area contributed by atoms with Crippen LogP contribution < -0.4 is 0 Å². The maximum absolute atomic E-state index is 5.42. The number of aromatic amines is 1. The van der Waals surface area contributed by atoms with E-state index < -0.39 is 0 Å². The number of hydrogen-bond acceptors (Lipinski definition) is 3. The zero-order valence-electron chi connectivity index (χ0n) is 10.4. The molecule has 0 aliphatic heterocycles. The highest BCUT2D eigenvalue weighted by molar-refractivity contribution is 7.71. The highest BCUT2D eigenvalue weighted by Crippen LogP contribution is 2.44. The van der Waals surface area contributed by atoms with Crippen LogP contribution in [0, 0.1) is 4.77 Å². The average molecular weight is 260 g/mol. The zero-order valence-corrected chi connectivity index (χ0v) is 11.2. The molecule has 1 N–H and O–H groups in total. The number of H-pyrrole nitrogens is 1. The minimum absolute atomic E-state index is 0.169. The Labute approximate surface area is 111 Å². The van der Waals surface area contributed by atoms with Crippen LogP contribution in [0.1, 0.15) is 32.6 Å². The molecule has 0 saturated heterocycles. The molecule has 1 aliphatic rings. The summed E-state index contributed by atoms with van der Waals surface area (Å²) >= 11 is 5.42. The molecule has 0 aromatic carbocycles. The molecule has 2 heterocycles. The summed E-state index contributed by atoms with van der Waals surface area (Å²) in [6.45, 7) is 2.23. The summed E-state index contributed by atoms with van der Waals surface area (Å²) in [5.41, 5.74) is 1.24. The molecule has 0 amide bonds. The van der Waals surface area contributed by atoms with Gasteiger partial charge in [-0.3, -0.25) is 14.6 Å². The first-order chi connectivity index (χ1) is 8.77. The van der Waals surface area contributed by atoms with Crippen LogP contribution in [0.5, 0.6) is 0 Å². The molecule has 2 aromatic heterocycles. The molecule has 3 rings (SSSR count). The molecule has 1 saturated carbocycles. The van der Waals surface area contributed by atoms with Crippen molar-refractivity contribution in [1.29, 1.82) is 0 Å². The lowest BCUT2D eigenvalue weighted by Gasteiger charge is -2.43. The molecule has 18 heavy (non-hydrogen) atoms. The molecule has 5 heteroatoms. The lowest BCUT2D eigenvalue weighted by Crippen LogP contribution is -2.40. The Hall–Kier alpha value is -1.49. The third kappa shape index (κ3) is 1.61. The largest absolute Gasteiger partial charge is 0.294 e. The second-order valence-electron chi connectivity index (χ2n) is 4.86. The summed E-state index contributed by atoms with van der Waals surface area (Å²) in [6.07, 6.45) is 8.33. The third-order valence-corrected chi connectivity index (χ3v) is 4.30. The van der Waals surface area contributed by atoms with Crippen molar-refractivity contribution in [3.05, 3.63) is 29.3 Å². The molecule has 1 fully saturated rings. The molecule has 0 unspecified atom stereocenters. The Morgan fingerprint density at radius 2 is 2.11 bits per heavy atom. The normalized spacial score (nSPS) is 17.4. The van der Waals surface area contributed by atoms with Crippen LogP contribution in [-0.2, 0) is 5.54 Å². The van der Waals surface area contributed by atoms with Crippen LogP contribution in [0.2, 0.25) is 0 Å². The van der Waals surface area contributed by atoms with Gasteiger partial charge in [-0.2, -0.15) is 5.10 Å². The van der Waals surface area contributed by atoms with E-state index in [1.807, 2.05) is 12.1 Å². The molecule has 94 valence electrons. The highest BCUT2D eigenvalue weighted by Gasteiger charge is 2.39. The summed E-state index contributed by atoms with van der Waals surface area (Å²) in [6, 6.07) is 3.95. The van der Waals surface area contributed by atoms with Crippen LogP contribution in [0.4, 0.5) is 0 Å². The molecule has 1 aliphatic carbocycles. The number of rotatable bonds is 3. The maximum Gasteiger partial charge on any atom is 0.195 e. The fraction of sp³-hybridized carbons (Fsp3) is 0.462. The van der Waals surface area contributed by atoms with Crippen LogP contribution in [0.3, 0.4) is 0 Å². The van der Waals surface area contributed by atoms with Gasteiger partial charge >= 0.3 is 0 Å². The van der Waals surface area contributed by atoms with E-state index in [1.54, 1.807) is 12.4 Å². The van der Waals surface area contributed by atoms with Crippen LogP contribution >= 0.6 is 12.2 Å². The summed E-state index contributed by atoms with van der Waals surface area (Å²) in [5, 5.41) is 7.34. The lowest BCUT2D eigenvalue weighted by molar-refractivity contribution is 0.136. The van der Waals surface area contributed by atoms with E-state index in [-0.39, 0.29) is 5.54 Å². The minimum atomic E-state index is 0.169. The third-order valence-electron chi connectivity index (χ3n) is 4.03. The molecule has 2 aromatic rings. The SMILES string of the molecule is CCC1(n2c(-c3ccncc3)n[nH]c2=S)CCC1. The van der Waals surface area contributed by atoms with Crippen molar-refractivity contribution in [2.45, 2.75) is 38.1 Å². The Bertz CT molecular complexity index is 589.